The van der Waals surface area contributed by atoms with Gasteiger partial charge in [-0.1, -0.05) is 29.8 Å². The van der Waals surface area contributed by atoms with Crippen molar-refractivity contribution in [2.45, 2.75) is 13.2 Å². The standard InChI is InChI=1S/C14H12ClN3O/c15-14-10(4-3-7-16-14)8-18-12-6-2-1-5-11(12)17-13(18)9-19/h1-7,19H,8-9H2. The molecule has 96 valence electrons. The van der Waals surface area contributed by atoms with Crippen molar-refractivity contribution in [3.8, 4) is 0 Å². The van der Waals surface area contributed by atoms with Gasteiger partial charge in [-0.25, -0.2) is 9.97 Å². The lowest BCUT2D eigenvalue weighted by Gasteiger charge is -2.08. The Morgan fingerprint density at radius 1 is 1.16 bits per heavy atom. The number of para-hydroxylation sites is 2. The highest BCUT2D eigenvalue weighted by Gasteiger charge is 2.11. The summed E-state index contributed by atoms with van der Waals surface area (Å²) in [5.41, 5.74) is 2.75. The number of rotatable bonds is 3. The molecule has 0 atom stereocenters. The molecular formula is C14H12ClN3O. The third-order valence-electron chi connectivity index (χ3n) is 3.04. The Bertz CT molecular complexity index is 724. The van der Waals surface area contributed by atoms with Crippen LogP contribution in [0.3, 0.4) is 0 Å². The molecule has 0 bridgehead atoms. The predicted molar refractivity (Wildman–Crippen MR) is 74.0 cm³/mol. The summed E-state index contributed by atoms with van der Waals surface area (Å²) in [5, 5.41) is 9.91. The number of hydrogen-bond acceptors (Lipinski definition) is 3. The summed E-state index contributed by atoms with van der Waals surface area (Å²) in [4.78, 5) is 8.47. The lowest BCUT2D eigenvalue weighted by Crippen LogP contribution is -2.06. The molecule has 2 aromatic heterocycles. The molecule has 1 N–H and O–H groups in total. The van der Waals surface area contributed by atoms with E-state index in [1.54, 1.807) is 6.20 Å². The molecule has 0 amide bonds. The predicted octanol–water partition coefficient (Wildman–Crippen LogP) is 2.63. The normalized spacial score (nSPS) is 11.1. The summed E-state index contributed by atoms with van der Waals surface area (Å²) >= 11 is 6.08. The van der Waals surface area contributed by atoms with Crippen molar-refractivity contribution in [3.63, 3.8) is 0 Å². The number of benzene rings is 1. The molecule has 4 nitrogen and oxygen atoms in total. The van der Waals surface area contributed by atoms with Gasteiger partial charge in [-0.3, -0.25) is 0 Å². The van der Waals surface area contributed by atoms with Crippen molar-refractivity contribution in [2.24, 2.45) is 0 Å². The molecule has 5 heteroatoms. The Labute approximate surface area is 115 Å². The quantitative estimate of drug-likeness (QED) is 0.747. The van der Waals surface area contributed by atoms with Crippen molar-refractivity contribution in [2.75, 3.05) is 0 Å². The minimum absolute atomic E-state index is 0.105. The van der Waals surface area contributed by atoms with Crippen LogP contribution < -0.4 is 0 Å². The van der Waals surface area contributed by atoms with Gasteiger partial charge < -0.3 is 9.67 Å². The Kier molecular flexibility index (Phi) is 3.19. The first kappa shape index (κ1) is 12.1. The summed E-state index contributed by atoms with van der Waals surface area (Å²) in [6.45, 7) is 0.440. The van der Waals surface area contributed by atoms with Crippen LogP contribution in [0.2, 0.25) is 5.15 Å². The van der Waals surface area contributed by atoms with Crippen LogP contribution in [0.4, 0.5) is 0 Å². The second-order valence-corrected chi connectivity index (χ2v) is 4.57. The molecule has 3 aromatic rings. The molecule has 0 aliphatic rings. The van der Waals surface area contributed by atoms with E-state index in [0.29, 0.717) is 17.5 Å². The summed E-state index contributed by atoms with van der Waals surface area (Å²) in [7, 11) is 0. The van der Waals surface area contributed by atoms with Crippen LogP contribution in [-0.4, -0.2) is 19.6 Å². The fraction of sp³-hybridized carbons (Fsp3) is 0.143. The van der Waals surface area contributed by atoms with Crippen LogP contribution in [-0.2, 0) is 13.2 Å². The molecule has 0 radical (unpaired) electrons. The maximum atomic E-state index is 9.43. The molecule has 0 aliphatic carbocycles. The molecule has 0 saturated heterocycles. The average molecular weight is 274 g/mol. The van der Waals surface area contributed by atoms with Gasteiger partial charge in [0.1, 0.15) is 17.6 Å². The van der Waals surface area contributed by atoms with Crippen LogP contribution in [0.5, 0.6) is 0 Å². The maximum Gasteiger partial charge on any atom is 0.136 e. The molecule has 0 fully saturated rings. The first-order valence-corrected chi connectivity index (χ1v) is 6.32. The lowest BCUT2D eigenvalue weighted by atomic mass is 10.2. The smallest absolute Gasteiger partial charge is 0.136 e. The third kappa shape index (κ3) is 2.20. The number of fused-ring (bicyclic) bond motifs is 1. The molecule has 2 heterocycles. The molecule has 0 aliphatic heterocycles. The highest BCUT2D eigenvalue weighted by atomic mass is 35.5. The van der Waals surface area contributed by atoms with E-state index in [0.717, 1.165) is 16.6 Å². The third-order valence-corrected chi connectivity index (χ3v) is 3.38. The SMILES string of the molecule is OCc1nc2ccccc2n1Cc1cccnc1Cl. The number of pyridine rings is 1. The van der Waals surface area contributed by atoms with Gasteiger partial charge in [0.2, 0.25) is 0 Å². The van der Waals surface area contributed by atoms with Gasteiger partial charge in [0.25, 0.3) is 0 Å². The van der Waals surface area contributed by atoms with Crippen LogP contribution in [0.25, 0.3) is 11.0 Å². The number of imidazole rings is 1. The molecule has 3 rings (SSSR count). The van der Waals surface area contributed by atoms with Gasteiger partial charge in [-0.05, 0) is 18.2 Å². The zero-order valence-electron chi connectivity index (χ0n) is 10.1. The Morgan fingerprint density at radius 2 is 2.00 bits per heavy atom. The van der Waals surface area contributed by atoms with E-state index in [1.807, 2.05) is 41.0 Å². The summed E-state index contributed by atoms with van der Waals surface area (Å²) in [6, 6.07) is 11.6. The Hall–Kier alpha value is -1.91. The minimum Gasteiger partial charge on any atom is -0.388 e. The fourth-order valence-electron chi connectivity index (χ4n) is 2.13. The first-order valence-electron chi connectivity index (χ1n) is 5.94. The largest absolute Gasteiger partial charge is 0.388 e. The number of aliphatic hydroxyl groups excluding tert-OH is 1. The van der Waals surface area contributed by atoms with Crippen LogP contribution in [0, 0.1) is 0 Å². The van der Waals surface area contributed by atoms with Crippen molar-refractivity contribution in [1.82, 2.24) is 14.5 Å². The van der Waals surface area contributed by atoms with E-state index in [1.165, 1.54) is 0 Å². The van der Waals surface area contributed by atoms with Crippen molar-refractivity contribution < 1.29 is 5.11 Å². The molecular weight excluding hydrogens is 262 g/mol. The summed E-state index contributed by atoms with van der Waals surface area (Å²) < 4.78 is 1.96. The fourth-order valence-corrected chi connectivity index (χ4v) is 2.31. The van der Waals surface area contributed by atoms with E-state index in [4.69, 9.17) is 11.6 Å². The van der Waals surface area contributed by atoms with Gasteiger partial charge in [0, 0.05) is 11.8 Å². The summed E-state index contributed by atoms with van der Waals surface area (Å²) in [5.74, 6) is 0.626. The average Bonchev–Trinajstić information content (AvgIpc) is 2.79. The van der Waals surface area contributed by atoms with Crippen LogP contribution >= 0.6 is 11.6 Å². The van der Waals surface area contributed by atoms with Gasteiger partial charge in [0.05, 0.1) is 17.6 Å². The van der Waals surface area contributed by atoms with Gasteiger partial charge in [-0.15, -0.1) is 0 Å². The molecule has 0 saturated carbocycles. The monoisotopic (exact) mass is 273 g/mol. The summed E-state index contributed by atoms with van der Waals surface area (Å²) in [6.07, 6.45) is 1.66. The second-order valence-electron chi connectivity index (χ2n) is 4.21. The van der Waals surface area contributed by atoms with Crippen molar-refractivity contribution in [3.05, 3.63) is 59.1 Å². The van der Waals surface area contributed by atoms with Gasteiger partial charge >= 0.3 is 0 Å². The number of aliphatic hydroxyl groups is 1. The minimum atomic E-state index is -0.105. The first-order chi connectivity index (χ1) is 9.29. The van der Waals surface area contributed by atoms with E-state index < -0.39 is 0 Å². The number of hydrogen-bond donors (Lipinski definition) is 1. The molecule has 0 spiro atoms. The van der Waals surface area contributed by atoms with Gasteiger partial charge in [-0.2, -0.15) is 0 Å². The van der Waals surface area contributed by atoms with E-state index in [-0.39, 0.29) is 6.61 Å². The number of halogens is 1. The Morgan fingerprint density at radius 3 is 2.79 bits per heavy atom. The highest BCUT2D eigenvalue weighted by molar-refractivity contribution is 6.30. The zero-order valence-corrected chi connectivity index (χ0v) is 10.9. The molecule has 19 heavy (non-hydrogen) atoms. The van der Waals surface area contributed by atoms with Gasteiger partial charge in [0.15, 0.2) is 0 Å². The molecule has 1 aromatic carbocycles. The van der Waals surface area contributed by atoms with Crippen LogP contribution in [0.15, 0.2) is 42.6 Å². The Balaban J connectivity index is 2.12. The topological polar surface area (TPSA) is 50.9 Å². The van der Waals surface area contributed by atoms with Crippen LogP contribution in [0.1, 0.15) is 11.4 Å². The van der Waals surface area contributed by atoms with Crippen molar-refractivity contribution >= 4 is 22.6 Å². The number of aromatic nitrogens is 3. The van der Waals surface area contributed by atoms with E-state index >= 15 is 0 Å². The molecule has 0 unspecified atom stereocenters. The number of nitrogens with zero attached hydrogens (tertiary/aromatic N) is 3. The lowest BCUT2D eigenvalue weighted by molar-refractivity contribution is 0.267. The van der Waals surface area contributed by atoms with Crippen molar-refractivity contribution in [1.29, 1.82) is 0 Å². The van der Waals surface area contributed by atoms with E-state index in [9.17, 15) is 5.11 Å². The second kappa shape index (κ2) is 4.99. The maximum absolute atomic E-state index is 9.43. The van der Waals surface area contributed by atoms with E-state index in [2.05, 4.69) is 9.97 Å². The highest BCUT2D eigenvalue weighted by Crippen LogP contribution is 2.20. The zero-order chi connectivity index (χ0) is 13.2.